The highest BCUT2D eigenvalue weighted by atomic mass is 35.5. The Bertz CT molecular complexity index is 366. The Labute approximate surface area is 102 Å². The first-order valence-corrected chi connectivity index (χ1v) is 5.59. The van der Waals surface area contributed by atoms with Gasteiger partial charge in [0.25, 0.3) is 0 Å². The van der Waals surface area contributed by atoms with E-state index in [1.165, 1.54) is 13.8 Å². The number of carbonyl (C=O) groups excluding carboxylic acids is 1. The molecule has 1 aromatic carbocycles. The number of phenolic OH excluding ortho intramolecular Hbond substituents is 1. The predicted octanol–water partition coefficient (Wildman–Crippen LogP) is 4.07. The van der Waals surface area contributed by atoms with Gasteiger partial charge in [-0.05, 0) is 43.9 Å². The maximum atomic E-state index is 9.56. The van der Waals surface area contributed by atoms with Gasteiger partial charge in [0.05, 0.1) is 5.02 Å². The van der Waals surface area contributed by atoms with Gasteiger partial charge in [-0.15, -0.1) is 0 Å². The van der Waals surface area contributed by atoms with Crippen LogP contribution in [0.1, 0.15) is 44.7 Å². The minimum absolute atomic E-state index is 0.167. The van der Waals surface area contributed by atoms with Gasteiger partial charge in [0, 0.05) is 0 Å². The third kappa shape index (κ3) is 5.17. The van der Waals surface area contributed by atoms with E-state index in [-0.39, 0.29) is 11.5 Å². The molecule has 1 N–H and O–H groups in total. The van der Waals surface area contributed by atoms with Crippen molar-refractivity contribution in [3.8, 4) is 5.75 Å². The maximum Gasteiger partial charge on any atom is 0.137 e. The second kappa shape index (κ2) is 6.54. The summed E-state index contributed by atoms with van der Waals surface area (Å²) in [7, 11) is 0. The summed E-state index contributed by atoms with van der Waals surface area (Å²) < 4.78 is 0. The summed E-state index contributed by atoms with van der Waals surface area (Å²) in [5.41, 5.74) is 2.00. The molecule has 0 spiro atoms. The van der Waals surface area contributed by atoms with E-state index in [2.05, 4.69) is 0 Å². The van der Waals surface area contributed by atoms with Crippen LogP contribution in [0, 0.1) is 6.92 Å². The lowest BCUT2D eigenvalue weighted by Gasteiger charge is -2.10. The molecule has 3 heteroatoms. The fourth-order valence-corrected chi connectivity index (χ4v) is 1.48. The number of hydrogen-bond acceptors (Lipinski definition) is 2. The van der Waals surface area contributed by atoms with Gasteiger partial charge in [-0.3, -0.25) is 0 Å². The van der Waals surface area contributed by atoms with E-state index in [1.54, 1.807) is 6.07 Å². The number of aryl methyl sites for hydroxylation is 1. The SMILES string of the molecule is CC(C)=O.Cc1cc(Cl)c(O)c(C(C)C)c1. The molecular formula is C13H19ClO2. The number of phenols is 1. The van der Waals surface area contributed by atoms with E-state index in [1.807, 2.05) is 26.8 Å². The zero-order chi connectivity index (χ0) is 12.9. The smallest absolute Gasteiger partial charge is 0.137 e. The highest BCUT2D eigenvalue weighted by molar-refractivity contribution is 6.32. The molecule has 0 heterocycles. The number of halogens is 1. The molecule has 0 amide bonds. The predicted molar refractivity (Wildman–Crippen MR) is 68.3 cm³/mol. The molecule has 0 aliphatic rings. The van der Waals surface area contributed by atoms with Gasteiger partial charge in [-0.2, -0.15) is 0 Å². The molecule has 0 saturated carbocycles. The van der Waals surface area contributed by atoms with Crippen LogP contribution in [0.5, 0.6) is 5.75 Å². The standard InChI is InChI=1S/C10H13ClO.C3H6O/c1-6(2)8-4-7(3)5-9(11)10(8)12;1-3(2)4/h4-6,12H,1-3H3;1-2H3. The summed E-state index contributed by atoms with van der Waals surface area (Å²) in [6.45, 7) is 9.09. The first kappa shape index (κ1) is 15.0. The Balaban J connectivity index is 0.000000487. The van der Waals surface area contributed by atoms with Gasteiger partial charge < -0.3 is 9.90 Å². The zero-order valence-corrected chi connectivity index (χ0v) is 11.2. The summed E-state index contributed by atoms with van der Waals surface area (Å²) in [5.74, 6) is 0.694. The lowest BCUT2D eigenvalue weighted by atomic mass is 10.0. The van der Waals surface area contributed by atoms with Gasteiger partial charge in [-0.25, -0.2) is 0 Å². The molecule has 2 nitrogen and oxygen atoms in total. The average Bonchev–Trinajstić information content (AvgIpc) is 2.09. The Morgan fingerprint density at radius 1 is 1.31 bits per heavy atom. The van der Waals surface area contributed by atoms with Crippen LogP contribution in [-0.4, -0.2) is 10.9 Å². The maximum absolute atomic E-state index is 9.56. The van der Waals surface area contributed by atoms with E-state index < -0.39 is 0 Å². The van der Waals surface area contributed by atoms with E-state index in [0.717, 1.165) is 11.1 Å². The Morgan fingerprint density at radius 3 is 2.12 bits per heavy atom. The van der Waals surface area contributed by atoms with Crippen molar-refractivity contribution in [2.45, 2.75) is 40.5 Å². The fraction of sp³-hybridized carbons (Fsp3) is 0.462. The van der Waals surface area contributed by atoms with Crippen molar-refractivity contribution in [3.63, 3.8) is 0 Å². The van der Waals surface area contributed by atoms with Crippen molar-refractivity contribution < 1.29 is 9.90 Å². The Hall–Kier alpha value is -1.02. The van der Waals surface area contributed by atoms with Crippen molar-refractivity contribution in [1.29, 1.82) is 0 Å². The van der Waals surface area contributed by atoms with Crippen LogP contribution in [0.2, 0.25) is 5.02 Å². The first-order valence-electron chi connectivity index (χ1n) is 5.21. The van der Waals surface area contributed by atoms with Crippen LogP contribution >= 0.6 is 11.6 Å². The van der Waals surface area contributed by atoms with Crippen LogP contribution in [0.25, 0.3) is 0 Å². The molecule has 1 rings (SSSR count). The third-order valence-electron chi connectivity index (χ3n) is 1.86. The second-order valence-electron chi connectivity index (χ2n) is 4.25. The highest BCUT2D eigenvalue weighted by Crippen LogP contribution is 2.33. The largest absolute Gasteiger partial charge is 0.506 e. The Morgan fingerprint density at radius 2 is 1.75 bits per heavy atom. The van der Waals surface area contributed by atoms with E-state index in [9.17, 15) is 9.90 Å². The van der Waals surface area contributed by atoms with Gasteiger partial charge >= 0.3 is 0 Å². The zero-order valence-electron chi connectivity index (χ0n) is 10.5. The minimum atomic E-state index is 0.167. The van der Waals surface area contributed by atoms with Gasteiger partial charge in [0.2, 0.25) is 0 Å². The quantitative estimate of drug-likeness (QED) is 0.806. The number of ketones is 1. The molecule has 16 heavy (non-hydrogen) atoms. The molecule has 0 bridgehead atoms. The molecule has 0 aromatic heterocycles. The number of carbonyl (C=O) groups is 1. The minimum Gasteiger partial charge on any atom is -0.506 e. The molecule has 90 valence electrons. The van der Waals surface area contributed by atoms with Crippen LogP contribution in [0.3, 0.4) is 0 Å². The van der Waals surface area contributed by atoms with Crippen molar-refractivity contribution in [1.82, 2.24) is 0 Å². The number of benzene rings is 1. The van der Waals surface area contributed by atoms with Crippen LogP contribution in [0.15, 0.2) is 12.1 Å². The molecule has 0 atom stereocenters. The molecular weight excluding hydrogens is 224 g/mol. The van der Waals surface area contributed by atoms with Crippen LogP contribution in [-0.2, 0) is 4.79 Å². The summed E-state index contributed by atoms with van der Waals surface area (Å²) >= 11 is 5.81. The monoisotopic (exact) mass is 242 g/mol. The lowest BCUT2D eigenvalue weighted by molar-refractivity contribution is -0.114. The van der Waals surface area contributed by atoms with Crippen molar-refractivity contribution in [2.75, 3.05) is 0 Å². The van der Waals surface area contributed by atoms with Crippen LogP contribution < -0.4 is 0 Å². The molecule has 0 fully saturated rings. The van der Waals surface area contributed by atoms with Crippen molar-refractivity contribution in [2.24, 2.45) is 0 Å². The first-order chi connectivity index (χ1) is 7.25. The number of hydrogen-bond donors (Lipinski definition) is 1. The third-order valence-corrected chi connectivity index (χ3v) is 2.15. The number of aromatic hydroxyl groups is 1. The second-order valence-corrected chi connectivity index (χ2v) is 4.65. The summed E-state index contributed by atoms with van der Waals surface area (Å²) in [4.78, 5) is 9.44. The lowest BCUT2D eigenvalue weighted by Crippen LogP contribution is -1.89. The highest BCUT2D eigenvalue weighted by Gasteiger charge is 2.09. The van der Waals surface area contributed by atoms with E-state index in [4.69, 9.17) is 11.6 Å². The summed E-state index contributed by atoms with van der Waals surface area (Å²) in [5, 5.41) is 10.0. The summed E-state index contributed by atoms with van der Waals surface area (Å²) in [6.07, 6.45) is 0. The molecule has 0 saturated heterocycles. The molecule has 0 unspecified atom stereocenters. The van der Waals surface area contributed by atoms with Gasteiger partial charge in [0.15, 0.2) is 0 Å². The van der Waals surface area contributed by atoms with Crippen LogP contribution in [0.4, 0.5) is 0 Å². The Kier molecular flexibility index (Phi) is 6.12. The van der Waals surface area contributed by atoms with Gasteiger partial charge in [0.1, 0.15) is 11.5 Å². The fourth-order valence-electron chi connectivity index (χ4n) is 1.20. The number of Topliss-reactive ketones (excluding diaryl/α,β-unsaturated/α-hetero) is 1. The van der Waals surface area contributed by atoms with E-state index >= 15 is 0 Å². The van der Waals surface area contributed by atoms with Gasteiger partial charge in [-0.1, -0.05) is 31.5 Å². The summed E-state index contributed by atoms with van der Waals surface area (Å²) in [6, 6.07) is 3.73. The van der Waals surface area contributed by atoms with E-state index in [0.29, 0.717) is 10.9 Å². The normalized spacial score (nSPS) is 9.69. The average molecular weight is 243 g/mol. The van der Waals surface area contributed by atoms with Crippen molar-refractivity contribution >= 4 is 17.4 Å². The molecule has 0 aliphatic heterocycles. The molecule has 0 aliphatic carbocycles. The van der Waals surface area contributed by atoms with Crippen molar-refractivity contribution in [3.05, 3.63) is 28.3 Å². The molecule has 0 radical (unpaired) electrons. The molecule has 1 aromatic rings. The topological polar surface area (TPSA) is 37.3 Å². The number of rotatable bonds is 1.